The lowest BCUT2D eigenvalue weighted by Crippen LogP contribution is -2.64. The molecule has 0 aromatic carbocycles. The van der Waals surface area contributed by atoms with Gasteiger partial charge in [-0.15, -0.1) is 0 Å². The van der Waals surface area contributed by atoms with Crippen LogP contribution in [0.2, 0.25) is 0 Å². The number of aliphatic hydroxyl groups excluding tert-OH is 1. The second kappa shape index (κ2) is 9.75. The topological polar surface area (TPSA) is 119 Å². The van der Waals surface area contributed by atoms with E-state index in [2.05, 4.69) is 26.8 Å². The molecule has 0 bridgehead atoms. The van der Waals surface area contributed by atoms with Crippen molar-refractivity contribution in [1.29, 1.82) is 0 Å². The van der Waals surface area contributed by atoms with Crippen molar-refractivity contribution >= 4 is 17.7 Å². The number of Topliss-reactive ketones (excluding diaryl/α,β-unsaturated/α-hetero) is 1. The minimum Gasteiger partial charge on any atom is -0.469 e. The Balaban J connectivity index is 1.59. The number of fused-ring (bicyclic) bond motifs is 5. The van der Waals surface area contributed by atoms with E-state index in [0.717, 1.165) is 19.3 Å². The van der Waals surface area contributed by atoms with Gasteiger partial charge >= 0.3 is 11.9 Å². The molecule has 3 fully saturated rings. The number of hydrogen-bond donors (Lipinski definition) is 2. The molecule has 0 spiro atoms. The van der Waals surface area contributed by atoms with Gasteiger partial charge < -0.3 is 24.4 Å². The van der Waals surface area contributed by atoms with Gasteiger partial charge in [0.05, 0.1) is 24.7 Å². The predicted octanol–water partition coefficient (Wildman–Crippen LogP) is 4.52. The summed E-state index contributed by atoms with van der Waals surface area (Å²) in [6, 6.07) is 0. The number of esters is 2. The van der Waals surface area contributed by atoms with Crippen LogP contribution in [0, 0.1) is 45.3 Å². The van der Waals surface area contributed by atoms with Crippen molar-refractivity contribution in [1.82, 2.24) is 0 Å². The Morgan fingerprint density at radius 2 is 1.83 bits per heavy atom. The molecule has 5 aliphatic rings. The highest BCUT2D eigenvalue weighted by molar-refractivity contribution is 5.99. The summed E-state index contributed by atoms with van der Waals surface area (Å²) in [6.45, 7) is 13.3. The quantitative estimate of drug-likeness (QED) is 0.373. The first-order valence-electron chi connectivity index (χ1n) is 15.2. The van der Waals surface area contributed by atoms with Gasteiger partial charge in [-0.25, -0.2) is 0 Å². The van der Waals surface area contributed by atoms with Crippen LogP contribution in [0.25, 0.3) is 0 Å². The number of carbonyl (C=O) groups excluding carboxylic acids is 3. The summed E-state index contributed by atoms with van der Waals surface area (Å²) in [4.78, 5) is 38.8. The highest BCUT2D eigenvalue weighted by atomic mass is 16.6. The highest BCUT2D eigenvalue weighted by Gasteiger charge is 2.70. The van der Waals surface area contributed by atoms with Gasteiger partial charge in [0.15, 0.2) is 12.1 Å². The predicted molar refractivity (Wildman–Crippen MR) is 151 cm³/mol. The third kappa shape index (κ3) is 4.37. The molecule has 5 rings (SSSR count). The lowest BCUT2D eigenvalue weighted by molar-refractivity contribution is -0.203. The van der Waals surface area contributed by atoms with Crippen LogP contribution in [-0.2, 0) is 28.6 Å². The van der Waals surface area contributed by atoms with Crippen molar-refractivity contribution in [2.45, 2.75) is 105 Å². The number of ether oxygens (including phenoxy) is 3. The van der Waals surface area contributed by atoms with Crippen LogP contribution < -0.4 is 0 Å². The molecule has 1 aliphatic heterocycles. The molecule has 8 nitrogen and oxygen atoms in total. The zero-order valence-electron chi connectivity index (χ0n) is 25.9. The number of methoxy groups -OCH3 is 1. The maximum Gasteiger partial charge on any atom is 0.314 e. The normalized spacial score (nSPS) is 46.0. The van der Waals surface area contributed by atoms with Crippen molar-refractivity contribution in [3.8, 4) is 0 Å². The van der Waals surface area contributed by atoms with Crippen molar-refractivity contribution in [3.05, 3.63) is 23.3 Å². The van der Waals surface area contributed by atoms with Crippen LogP contribution in [0.4, 0.5) is 0 Å². The smallest absolute Gasteiger partial charge is 0.314 e. The number of aliphatic hydroxyl groups is 2. The third-order valence-electron chi connectivity index (χ3n) is 12.2. The van der Waals surface area contributed by atoms with Gasteiger partial charge in [0.1, 0.15) is 6.10 Å². The second-order valence-corrected chi connectivity index (χ2v) is 15.0. The standard InChI is InChI=1S/C33H48O8/c1-18(34)41-26-15-25-31(5,16-27(36)40-17-32(25,6)28(37)39-8)24-11-12-30(4)20(9-10-23(30)33(24,26)7)19-13-21(22(35)14-19)29(2,3)38/h10,13,19-20,24-27,36,38H,9,11-12,14-17H2,1-8H3/t19?,20-,24+,25+,26+,27-,30-,31+,32-,33-/m0/s1. The molecule has 10 atom stereocenters. The Morgan fingerprint density at radius 1 is 1.15 bits per heavy atom. The fourth-order valence-corrected chi connectivity index (χ4v) is 10.4. The SMILES string of the molecule is COC(=O)[C@@]1(C)CO[C@H](O)C[C@]2(C)[C@H]3CC[C@]4(C)C(=CC[C@H]4C4C=C(C(C)(C)O)C(=O)C4)[C@]3(C)[C@H](OC(C)=O)C[C@H]21. The van der Waals surface area contributed by atoms with E-state index in [9.17, 15) is 24.6 Å². The van der Waals surface area contributed by atoms with Crippen molar-refractivity contribution in [3.63, 3.8) is 0 Å². The Kier molecular flexibility index (Phi) is 7.23. The summed E-state index contributed by atoms with van der Waals surface area (Å²) in [5.41, 5.74) is -1.69. The largest absolute Gasteiger partial charge is 0.469 e. The Labute approximate surface area is 243 Å². The molecule has 228 valence electrons. The van der Waals surface area contributed by atoms with Crippen LogP contribution in [0.3, 0.4) is 0 Å². The molecule has 41 heavy (non-hydrogen) atoms. The van der Waals surface area contributed by atoms with Gasteiger partial charge in [0.2, 0.25) is 0 Å². The van der Waals surface area contributed by atoms with Gasteiger partial charge in [-0.3, -0.25) is 14.4 Å². The minimum atomic E-state index is -1.17. The molecule has 1 heterocycles. The van der Waals surface area contributed by atoms with E-state index in [1.54, 1.807) is 13.8 Å². The highest BCUT2D eigenvalue weighted by Crippen LogP contribution is 2.73. The third-order valence-corrected chi connectivity index (χ3v) is 12.2. The fourth-order valence-electron chi connectivity index (χ4n) is 10.4. The van der Waals surface area contributed by atoms with Crippen molar-refractivity contribution in [2.75, 3.05) is 13.7 Å². The summed E-state index contributed by atoms with van der Waals surface area (Å²) in [7, 11) is 1.38. The molecule has 1 unspecified atom stereocenters. The number of carbonyl (C=O) groups is 3. The molecule has 0 aromatic rings. The summed E-state index contributed by atoms with van der Waals surface area (Å²) < 4.78 is 17.3. The van der Waals surface area contributed by atoms with Crippen LogP contribution >= 0.6 is 0 Å². The lowest BCUT2D eigenvalue weighted by atomic mass is 9.39. The molecule has 8 heteroatoms. The van der Waals surface area contributed by atoms with E-state index in [-0.39, 0.29) is 53.4 Å². The number of rotatable bonds is 4. The fraction of sp³-hybridized carbons (Fsp3) is 0.788. The molecule has 0 radical (unpaired) electrons. The summed E-state index contributed by atoms with van der Waals surface area (Å²) in [6.07, 6.45) is 6.56. The molecular weight excluding hydrogens is 524 g/mol. The molecule has 2 N–H and O–H groups in total. The van der Waals surface area contributed by atoms with Gasteiger partial charge in [-0.1, -0.05) is 38.5 Å². The molecule has 2 saturated carbocycles. The molecule has 0 amide bonds. The second-order valence-electron chi connectivity index (χ2n) is 15.0. The first kappa shape index (κ1) is 30.4. The first-order valence-corrected chi connectivity index (χ1v) is 15.2. The van der Waals surface area contributed by atoms with E-state index in [1.165, 1.54) is 19.6 Å². The minimum absolute atomic E-state index is 0.00388. The van der Waals surface area contributed by atoms with Crippen LogP contribution in [-0.4, -0.2) is 59.6 Å². The van der Waals surface area contributed by atoms with Gasteiger partial charge in [0, 0.05) is 30.8 Å². The maximum absolute atomic E-state index is 13.3. The van der Waals surface area contributed by atoms with Crippen LogP contribution in [0.1, 0.15) is 87.0 Å². The first-order chi connectivity index (χ1) is 18.9. The summed E-state index contributed by atoms with van der Waals surface area (Å²) >= 11 is 0. The Bertz CT molecular complexity index is 1200. The average Bonchev–Trinajstić information content (AvgIpc) is 3.40. The van der Waals surface area contributed by atoms with Gasteiger partial charge in [-0.05, 0) is 81.0 Å². The summed E-state index contributed by atoms with van der Waals surface area (Å²) in [5.74, 6) is -0.750. The zero-order valence-corrected chi connectivity index (χ0v) is 25.9. The van der Waals surface area contributed by atoms with Crippen LogP contribution in [0.15, 0.2) is 23.3 Å². The van der Waals surface area contributed by atoms with E-state index in [1.807, 2.05) is 13.0 Å². The van der Waals surface area contributed by atoms with Crippen LogP contribution in [0.5, 0.6) is 0 Å². The Morgan fingerprint density at radius 3 is 2.41 bits per heavy atom. The van der Waals surface area contributed by atoms with E-state index in [4.69, 9.17) is 14.2 Å². The monoisotopic (exact) mass is 572 g/mol. The van der Waals surface area contributed by atoms with E-state index >= 15 is 0 Å². The van der Waals surface area contributed by atoms with Crippen molar-refractivity contribution in [2.24, 2.45) is 45.3 Å². The van der Waals surface area contributed by atoms with Gasteiger partial charge in [-0.2, -0.15) is 0 Å². The maximum atomic E-state index is 13.3. The molecule has 1 saturated heterocycles. The van der Waals surface area contributed by atoms with Crippen molar-refractivity contribution < 1.29 is 38.8 Å². The summed E-state index contributed by atoms with van der Waals surface area (Å²) in [5, 5.41) is 21.6. The molecule has 4 aliphatic carbocycles. The van der Waals surface area contributed by atoms with E-state index < -0.39 is 34.2 Å². The Hall–Kier alpha value is -2.03. The number of allylic oxidation sites excluding steroid dienone is 2. The lowest BCUT2D eigenvalue weighted by Gasteiger charge is -2.66. The molecule has 0 aromatic heterocycles. The number of ketones is 1. The zero-order chi connectivity index (χ0) is 30.3. The number of hydrogen-bond acceptors (Lipinski definition) is 8. The van der Waals surface area contributed by atoms with Gasteiger partial charge in [0.25, 0.3) is 0 Å². The molecular formula is C33H48O8. The van der Waals surface area contributed by atoms with E-state index in [0.29, 0.717) is 24.8 Å². The average molecular weight is 573 g/mol.